The molecular formula is C8H11NO2. The van der Waals surface area contributed by atoms with E-state index in [2.05, 4.69) is 5.32 Å². The number of imide groups is 1. The second-order valence-corrected chi connectivity index (χ2v) is 2.99. The van der Waals surface area contributed by atoms with Crippen molar-refractivity contribution >= 4 is 11.8 Å². The van der Waals surface area contributed by atoms with Gasteiger partial charge in [-0.1, -0.05) is 19.9 Å². The van der Waals surface area contributed by atoms with E-state index in [-0.39, 0.29) is 18.2 Å². The lowest BCUT2D eigenvalue weighted by Gasteiger charge is -1.95. The topological polar surface area (TPSA) is 46.2 Å². The Balaban J connectivity index is 2.75. The molecule has 1 saturated heterocycles. The van der Waals surface area contributed by atoms with E-state index in [0.29, 0.717) is 11.5 Å². The first kappa shape index (κ1) is 7.98. The smallest absolute Gasteiger partial charge is 0.253 e. The van der Waals surface area contributed by atoms with Crippen LogP contribution in [0.2, 0.25) is 0 Å². The van der Waals surface area contributed by atoms with Crippen molar-refractivity contribution in [3.05, 3.63) is 11.6 Å². The summed E-state index contributed by atoms with van der Waals surface area (Å²) in [6.45, 7) is 3.95. The highest BCUT2D eigenvalue weighted by Crippen LogP contribution is 2.11. The molecule has 11 heavy (non-hydrogen) atoms. The normalized spacial score (nSPS) is 21.5. The van der Waals surface area contributed by atoms with Gasteiger partial charge in [0.2, 0.25) is 5.91 Å². The molecule has 0 aromatic rings. The SMILES string of the molecule is CC(C)/C=C1/CC(=O)NC1=O. The third-order valence-electron chi connectivity index (χ3n) is 1.43. The molecule has 3 heteroatoms. The Labute approximate surface area is 65.5 Å². The molecule has 2 amide bonds. The zero-order chi connectivity index (χ0) is 8.43. The molecule has 1 aliphatic rings. The summed E-state index contributed by atoms with van der Waals surface area (Å²) in [4.78, 5) is 21.6. The standard InChI is InChI=1S/C8H11NO2/c1-5(2)3-6-4-7(10)9-8(6)11/h3,5H,4H2,1-2H3,(H,9,10,11)/b6-3-. The van der Waals surface area contributed by atoms with Crippen molar-refractivity contribution in [1.82, 2.24) is 5.32 Å². The fourth-order valence-electron chi connectivity index (χ4n) is 1.04. The molecule has 0 aromatic heterocycles. The van der Waals surface area contributed by atoms with Crippen molar-refractivity contribution in [1.29, 1.82) is 0 Å². The number of hydrogen-bond acceptors (Lipinski definition) is 2. The van der Waals surface area contributed by atoms with Crippen molar-refractivity contribution in [3.8, 4) is 0 Å². The summed E-state index contributed by atoms with van der Waals surface area (Å²) in [6, 6.07) is 0. The molecule has 0 atom stereocenters. The van der Waals surface area contributed by atoms with Gasteiger partial charge in [-0.05, 0) is 5.92 Å². The maximum Gasteiger partial charge on any atom is 0.253 e. The summed E-state index contributed by atoms with van der Waals surface area (Å²) in [6.07, 6.45) is 2.07. The Morgan fingerprint density at radius 2 is 2.09 bits per heavy atom. The lowest BCUT2D eigenvalue weighted by molar-refractivity contribution is -0.124. The van der Waals surface area contributed by atoms with Gasteiger partial charge in [-0.15, -0.1) is 0 Å². The zero-order valence-electron chi connectivity index (χ0n) is 6.68. The van der Waals surface area contributed by atoms with Crippen LogP contribution in [0.3, 0.4) is 0 Å². The van der Waals surface area contributed by atoms with E-state index < -0.39 is 0 Å². The van der Waals surface area contributed by atoms with E-state index in [1.807, 2.05) is 19.9 Å². The number of nitrogens with one attached hydrogen (secondary N) is 1. The zero-order valence-corrected chi connectivity index (χ0v) is 6.68. The van der Waals surface area contributed by atoms with Crippen LogP contribution in [0.1, 0.15) is 20.3 Å². The van der Waals surface area contributed by atoms with Crippen molar-refractivity contribution in [3.63, 3.8) is 0 Å². The van der Waals surface area contributed by atoms with Crippen LogP contribution in [0.25, 0.3) is 0 Å². The van der Waals surface area contributed by atoms with Gasteiger partial charge in [-0.25, -0.2) is 0 Å². The van der Waals surface area contributed by atoms with Crippen LogP contribution in [-0.4, -0.2) is 11.8 Å². The molecular weight excluding hydrogens is 142 g/mol. The minimum absolute atomic E-state index is 0.193. The summed E-state index contributed by atoms with van der Waals surface area (Å²) in [7, 11) is 0. The average molecular weight is 153 g/mol. The van der Waals surface area contributed by atoms with E-state index in [4.69, 9.17) is 0 Å². The van der Waals surface area contributed by atoms with Gasteiger partial charge < -0.3 is 0 Å². The second kappa shape index (κ2) is 2.86. The van der Waals surface area contributed by atoms with Crippen LogP contribution >= 0.6 is 0 Å². The number of carbonyl (C=O) groups is 2. The molecule has 0 saturated carbocycles. The summed E-state index contributed by atoms with van der Waals surface area (Å²) in [5.74, 6) is -0.104. The van der Waals surface area contributed by atoms with Crippen molar-refractivity contribution < 1.29 is 9.59 Å². The van der Waals surface area contributed by atoms with Gasteiger partial charge in [0.05, 0.1) is 6.42 Å². The first-order valence-corrected chi connectivity index (χ1v) is 3.64. The monoisotopic (exact) mass is 153 g/mol. The molecule has 0 unspecified atom stereocenters. The summed E-state index contributed by atoms with van der Waals surface area (Å²) < 4.78 is 0. The van der Waals surface area contributed by atoms with E-state index in [9.17, 15) is 9.59 Å². The third-order valence-corrected chi connectivity index (χ3v) is 1.43. The lowest BCUT2D eigenvalue weighted by atomic mass is 10.1. The highest BCUT2D eigenvalue weighted by atomic mass is 16.2. The van der Waals surface area contributed by atoms with Gasteiger partial charge in [0.15, 0.2) is 0 Å². The molecule has 1 rings (SSSR count). The highest BCUT2D eigenvalue weighted by molar-refractivity contribution is 6.13. The Morgan fingerprint density at radius 3 is 2.45 bits per heavy atom. The minimum Gasteiger partial charge on any atom is -0.292 e. The fraction of sp³-hybridized carbons (Fsp3) is 0.500. The lowest BCUT2D eigenvalue weighted by Crippen LogP contribution is -2.19. The van der Waals surface area contributed by atoms with Crippen molar-refractivity contribution in [2.45, 2.75) is 20.3 Å². The number of amides is 2. The predicted molar refractivity (Wildman–Crippen MR) is 40.7 cm³/mol. The van der Waals surface area contributed by atoms with Crippen LogP contribution in [0.4, 0.5) is 0 Å². The van der Waals surface area contributed by atoms with Gasteiger partial charge in [0.1, 0.15) is 0 Å². The van der Waals surface area contributed by atoms with Gasteiger partial charge in [0.25, 0.3) is 5.91 Å². The molecule has 1 aliphatic heterocycles. The molecule has 0 spiro atoms. The van der Waals surface area contributed by atoms with Crippen LogP contribution in [0.15, 0.2) is 11.6 Å². The molecule has 1 heterocycles. The second-order valence-electron chi connectivity index (χ2n) is 2.99. The van der Waals surface area contributed by atoms with Gasteiger partial charge in [0, 0.05) is 5.57 Å². The van der Waals surface area contributed by atoms with Gasteiger partial charge in [-0.2, -0.15) is 0 Å². The third kappa shape index (κ3) is 1.90. The Bertz CT molecular complexity index is 228. The number of carbonyl (C=O) groups excluding carboxylic acids is 2. The predicted octanol–water partition coefficient (Wildman–Crippen LogP) is 0.615. The molecule has 1 fully saturated rings. The van der Waals surface area contributed by atoms with Crippen LogP contribution in [-0.2, 0) is 9.59 Å². The molecule has 60 valence electrons. The molecule has 1 N–H and O–H groups in total. The first-order chi connectivity index (χ1) is 5.09. The molecule has 3 nitrogen and oxygen atoms in total. The maximum absolute atomic E-state index is 10.9. The van der Waals surface area contributed by atoms with E-state index in [0.717, 1.165) is 0 Å². The number of hydrogen-bond donors (Lipinski definition) is 1. The van der Waals surface area contributed by atoms with Crippen molar-refractivity contribution in [2.24, 2.45) is 5.92 Å². The number of allylic oxidation sites excluding steroid dienone is 1. The first-order valence-electron chi connectivity index (χ1n) is 3.64. The van der Waals surface area contributed by atoms with Gasteiger partial charge >= 0.3 is 0 Å². The Kier molecular flexibility index (Phi) is 2.08. The maximum atomic E-state index is 10.9. The van der Waals surface area contributed by atoms with Crippen molar-refractivity contribution in [2.75, 3.05) is 0 Å². The van der Waals surface area contributed by atoms with Crippen LogP contribution < -0.4 is 5.32 Å². The Hall–Kier alpha value is -1.12. The van der Waals surface area contributed by atoms with Crippen LogP contribution in [0, 0.1) is 5.92 Å². The van der Waals surface area contributed by atoms with E-state index in [1.54, 1.807) is 0 Å². The molecule has 0 aromatic carbocycles. The van der Waals surface area contributed by atoms with Gasteiger partial charge in [-0.3, -0.25) is 14.9 Å². The summed E-state index contributed by atoms with van der Waals surface area (Å²) >= 11 is 0. The minimum atomic E-state index is -0.233. The summed E-state index contributed by atoms with van der Waals surface area (Å²) in [5, 5.41) is 2.23. The largest absolute Gasteiger partial charge is 0.292 e. The highest BCUT2D eigenvalue weighted by Gasteiger charge is 2.23. The molecule has 0 aliphatic carbocycles. The average Bonchev–Trinajstić information content (AvgIpc) is 2.09. The number of rotatable bonds is 1. The van der Waals surface area contributed by atoms with Crippen LogP contribution in [0.5, 0.6) is 0 Å². The molecule has 0 bridgehead atoms. The quantitative estimate of drug-likeness (QED) is 0.443. The van der Waals surface area contributed by atoms with E-state index in [1.165, 1.54) is 0 Å². The molecule has 0 radical (unpaired) electrons. The summed E-state index contributed by atoms with van der Waals surface area (Å²) in [5.41, 5.74) is 0.602. The fourth-order valence-corrected chi connectivity index (χ4v) is 1.04. The Morgan fingerprint density at radius 1 is 1.45 bits per heavy atom. The van der Waals surface area contributed by atoms with E-state index >= 15 is 0 Å².